The van der Waals surface area contributed by atoms with Crippen LogP contribution in [0.3, 0.4) is 0 Å². The molecule has 0 aliphatic carbocycles. The molecule has 7 nitrogen and oxygen atoms in total. The van der Waals surface area contributed by atoms with E-state index in [4.69, 9.17) is 0 Å². The molecule has 1 atom stereocenters. The molecule has 5 heterocycles. The molecule has 2 aliphatic rings. The Morgan fingerprint density at radius 1 is 1.21 bits per heavy atom. The summed E-state index contributed by atoms with van der Waals surface area (Å²) in [5.74, 6) is -0.377. The van der Waals surface area contributed by atoms with Crippen molar-refractivity contribution in [2.45, 2.75) is 19.1 Å². The number of alkyl halides is 1. The van der Waals surface area contributed by atoms with Crippen molar-refractivity contribution in [3.8, 4) is 11.3 Å². The van der Waals surface area contributed by atoms with Gasteiger partial charge in [-0.15, -0.1) is 0 Å². The molecule has 9 heteroatoms. The Morgan fingerprint density at radius 2 is 2.11 bits per heavy atom. The molecular weight excluding hydrogens is 366 g/mol. The van der Waals surface area contributed by atoms with Gasteiger partial charge in [-0.05, 0) is 30.7 Å². The van der Waals surface area contributed by atoms with E-state index in [1.54, 1.807) is 40.4 Å². The zero-order valence-electron chi connectivity index (χ0n) is 14.8. The largest absolute Gasteiger partial charge is 0.351 e. The number of halogens is 2. The number of carbonyl (C=O) groups excluding carboxylic acids is 1. The van der Waals surface area contributed by atoms with Crippen LogP contribution in [-0.2, 0) is 6.54 Å². The fraction of sp³-hybridized carbons (Fsp3) is 0.263. The van der Waals surface area contributed by atoms with E-state index in [-0.39, 0.29) is 18.4 Å². The van der Waals surface area contributed by atoms with Gasteiger partial charge >= 0.3 is 6.03 Å². The molecule has 2 aliphatic heterocycles. The van der Waals surface area contributed by atoms with E-state index in [0.29, 0.717) is 42.1 Å². The first-order valence-electron chi connectivity index (χ1n) is 8.96. The summed E-state index contributed by atoms with van der Waals surface area (Å²) in [6, 6.07) is 6.35. The number of fused-ring (bicyclic) bond motifs is 1. The normalized spacial score (nSPS) is 18.8. The van der Waals surface area contributed by atoms with Crippen molar-refractivity contribution < 1.29 is 13.6 Å². The maximum absolute atomic E-state index is 14.5. The second-order valence-corrected chi connectivity index (χ2v) is 6.87. The van der Waals surface area contributed by atoms with Crippen LogP contribution in [0.25, 0.3) is 11.3 Å². The average Bonchev–Trinajstić information content (AvgIpc) is 3.39. The average molecular weight is 382 g/mol. The molecule has 3 aromatic heterocycles. The second-order valence-electron chi connectivity index (χ2n) is 6.87. The van der Waals surface area contributed by atoms with Crippen molar-refractivity contribution in [2.75, 3.05) is 22.9 Å². The minimum absolute atomic E-state index is 0.148. The predicted octanol–water partition coefficient (Wildman–Crippen LogP) is 3.02. The van der Waals surface area contributed by atoms with Crippen LogP contribution in [0.15, 0.2) is 42.9 Å². The summed E-state index contributed by atoms with van der Waals surface area (Å²) in [6.07, 6.45) is 4.19. The van der Waals surface area contributed by atoms with Crippen LogP contribution in [0.4, 0.5) is 25.1 Å². The van der Waals surface area contributed by atoms with Crippen LogP contribution < -0.4 is 9.80 Å². The maximum atomic E-state index is 14.5. The van der Waals surface area contributed by atoms with E-state index in [1.165, 1.54) is 16.9 Å². The van der Waals surface area contributed by atoms with Gasteiger partial charge in [0, 0.05) is 24.5 Å². The molecule has 0 N–H and O–H groups in total. The van der Waals surface area contributed by atoms with Gasteiger partial charge in [0.2, 0.25) is 0 Å². The molecule has 0 saturated carbocycles. The summed E-state index contributed by atoms with van der Waals surface area (Å²) in [5, 5.41) is 4.32. The number of hydrogen-bond donors (Lipinski definition) is 0. The van der Waals surface area contributed by atoms with Crippen molar-refractivity contribution >= 4 is 17.5 Å². The van der Waals surface area contributed by atoms with Gasteiger partial charge in [-0.25, -0.2) is 18.6 Å². The third-order valence-corrected chi connectivity index (χ3v) is 5.02. The molecule has 0 bridgehead atoms. The highest BCUT2D eigenvalue weighted by molar-refractivity contribution is 5.96. The SMILES string of the molecule is O=C1N(c2cccnc2)Cc2cc(-c3cnc(N4CC[C@@H](F)C4)c(F)c3)nn21. The first kappa shape index (κ1) is 16.8. The summed E-state index contributed by atoms with van der Waals surface area (Å²) >= 11 is 0. The molecule has 28 heavy (non-hydrogen) atoms. The predicted molar refractivity (Wildman–Crippen MR) is 98.4 cm³/mol. The van der Waals surface area contributed by atoms with Crippen LogP contribution in [0, 0.1) is 5.82 Å². The van der Waals surface area contributed by atoms with Crippen LogP contribution >= 0.6 is 0 Å². The van der Waals surface area contributed by atoms with Gasteiger partial charge in [-0.3, -0.25) is 9.88 Å². The van der Waals surface area contributed by atoms with E-state index in [9.17, 15) is 13.6 Å². The summed E-state index contributed by atoms with van der Waals surface area (Å²) < 4.78 is 29.2. The van der Waals surface area contributed by atoms with E-state index < -0.39 is 12.0 Å². The minimum atomic E-state index is -0.953. The molecular formula is C19H16F2N6O. The Hall–Kier alpha value is -3.36. The van der Waals surface area contributed by atoms with Gasteiger partial charge in [0.25, 0.3) is 0 Å². The summed E-state index contributed by atoms with van der Waals surface area (Å²) in [4.78, 5) is 24.0. The van der Waals surface area contributed by atoms with E-state index in [2.05, 4.69) is 15.1 Å². The van der Waals surface area contributed by atoms with Gasteiger partial charge in [0.05, 0.1) is 36.4 Å². The highest BCUT2D eigenvalue weighted by atomic mass is 19.1. The number of amides is 1. The molecule has 3 aromatic rings. The standard InChI is InChI=1S/C19H16F2N6O/c20-13-3-5-25(10-13)18-16(21)6-12(8-23-18)17-7-15-11-26(19(28)27(15)24-17)14-2-1-4-22-9-14/h1-2,4,6-9,13H,3,5,10-11H2/t13-/m1/s1. The fourth-order valence-electron chi connectivity index (χ4n) is 3.61. The number of nitrogens with zero attached hydrogens (tertiary/aromatic N) is 6. The lowest BCUT2D eigenvalue weighted by Crippen LogP contribution is -2.26. The van der Waals surface area contributed by atoms with E-state index >= 15 is 0 Å². The van der Waals surface area contributed by atoms with Gasteiger partial charge in [-0.1, -0.05) is 0 Å². The Labute approximate surface area is 159 Å². The Kier molecular flexibility index (Phi) is 3.81. The van der Waals surface area contributed by atoms with Crippen LogP contribution in [-0.4, -0.2) is 45.0 Å². The number of pyridine rings is 2. The highest BCUT2D eigenvalue weighted by Gasteiger charge is 2.31. The van der Waals surface area contributed by atoms with Gasteiger partial charge in [0.1, 0.15) is 6.17 Å². The van der Waals surface area contributed by atoms with Crippen molar-refractivity contribution in [1.29, 1.82) is 0 Å². The van der Waals surface area contributed by atoms with Gasteiger partial charge in [0.15, 0.2) is 11.6 Å². The van der Waals surface area contributed by atoms with E-state index in [0.717, 1.165) is 0 Å². The maximum Gasteiger partial charge on any atom is 0.349 e. The van der Waals surface area contributed by atoms with Crippen LogP contribution in [0.5, 0.6) is 0 Å². The van der Waals surface area contributed by atoms with Crippen molar-refractivity contribution in [3.63, 3.8) is 0 Å². The highest BCUT2D eigenvalue weighted by Crippen LogP contribution is 2.30. The number of hydrogen-bond acceptors (Lipinski definition) is 5. The molecule has 0 radical (unpaired) electrons. The molecule has 142 valence electrons. The first-order valence-corrected chi connectivity index (χ1v) is 8.96. The number of aromatic nitrogens is 4. The summed E-state index contributed by atoms with van der Waals surface area (Å²) in [6.45, 7) is 0.958. The zero-order chi connectivity index (χ0) is 19.3. The smallest absolute Gasteiger partial charge is 0.349 e. The molecule has 5 rings (SSSR count). The fourth-order valence-corrected chi connectivity index (χ4v) is 3.61. The van der Waals surface area contributed by atoms with Crippen molar-refractivity contribution in [3.05, 3.63) is 54.4 Å². The lowest BCUT2D eigenvalue weighted by molar-refractivity contribution is 0.248. The molecule has 0 unspecified atom stereocenters. The van der Waals surface area contributed by atoms with E-state index in [1.807, 2.05) is 0 Å². The first-order chi connectivity index (χ1) is 13.6. The molecule has 1 fully saturated rings. The zero-order valence-corrected chi connectivity index (χ0v) is 14.8. The van der Waals surface area contributed by atoms with Crippen molar-refractivity contribution in [2.24, 2.45) is 0 Å². The molecule has 1 saturated heterocycles. The van der Waals surface area contributed by atoms with Crippen LogP contribution in [0.1, 0.15) is 12.1 Å². The quantitative estimate of drug-likeness (QED) is 0.697. The third kappa shape index (κ3) is 2.70. The monoisotopic (exact) mass is 382 g/mol. The number of anilines is 2. The topological polar surface area (TPSA) is 67.2 Å². The lowest BCUT2D eigenvalue weighted by Gasteiger charge is -2.17. The third-order valence-electron chi connectivity index (χ3n) is 5.02. The molecule has 0 spiro atoms. The Balaban J connectivity index is 1.41. The summed E-state index contributed by atoms with van der Waals surface area (Å²) in [5.41, 5.74) is 2.33. The van der Waals surface area contributed by atoms with Gasteiger partial charge < -0.3 is 4.90 Å². The minimum Gasteiger partial charge on any atom is -0.351 e. The second kappa shape index (κ2) is 6.36. The van der Waals surface area contributed by atoms with Gasteiger partial charge in [-0.2, -0.15) is 9.78 Å². The lowest BCUT2D eigenvalue weighted by atomic mass is 10.2. The Morgan fingerprint density at radius 3 is 2.79 bits per heavy atom. The Bertz CT molecular complexity index is 1050. The molecule has 0 aromatic carbocycles. The molecule has 1 amide bonds. The van der Waals surface area contributed by atoms with Crippen LogP contribution in [0.2, 0.25) is 0 Å². The number of carbonyl (C=O) groups is 1. The summed E-state index contributed by atoms with van der Waals surface area (Å²) in [7, 11) is 0. The number of rotatable bonds is 3. The van der Waals surface area contributed by atoms with Crippen molar-refractivity contribution in [1.82, 2.24) is 19.7 Å².